The van der Waals surface area contributed by atoms with Crippen molar-refractivity contribution in [3.05, 3.63) is 93.2 Å². The highest BCUT2D eigenvalue weighted by atomic mass is 35.5. The average Bonchev–Trinajstić information content (AvgIpc) is 3.10. The van der Waals surface area contributed by atoms with Crippen molar-refractivity contribution in [1.82, 2.24) is 5.32 Å². The minimum absolute atomic E-state index is 0.00932. The van der Waals surface area contributed by atoms with Crippen LogP contribution in [0.25, 0.3) is 11.1 Å². The summed E-state index contributed by atoms with van der Waals surface area (Å²) in [6, 6.07) is 18.1. The second kappa shape index (κ2) is 10.1. The molecule has 0 saturated carbocycles. The van der Waals surface area contributed by atoms with E-state index in [4.69, 9.17) is 27.9 Å². The number of benzene rings is 3. The minimum Gasteiger partial charge on any atom is -0.449 e. The zero-order chi connectivity index (χ0) is 23.5. The maximum Gasteiger partial charge on any atom is 0.407 e. The van der Waals surface area contributed by atoms with Crippen molar-refractivity contribution in [3.8, 4) is 11.1 Å². The number of rotatable bonds is 7. The molecule has 0 aromatic heterocycles. The summed E-state index contributed by atoms with van der Waals surface area (Å²) in [6.45, 7) is 0.219. The summed E-state index contributed by atoms with van der Waals surface area (Å²) in [4.78, 5) is 12.2. The van der Waals surface area contributed by atoms with Gasteiger partial charge >= 0.3 is 6.09 Å². The molecule has 3 aromatic rings. The van der Waals surface area contributed by atoms with Gasteiger partial charge in [-0.2, -0.15) is 0 Å². The maximum absolute atomic E-state index is 13.3. The Hall–Kier alpha value is -2.64. The number of ether oxygens (including phenoxy) is 1. The first-order chi connectivity index (χ1) is 15.9. The van der Waals surface area contributed by atoms with Gasteiger partial charge in [-0.15, -0.1) is 0 Å². The Morgan fingerprint density at radius 3 is 2.12 bits per heavy atom. The standard InChI is InChI=1S/C25H22Cl2FNO4/c26-20-11-14(28)12-21(27)23(20)24(31)22(30)9-10-29-25(32)33-13-19-17-7-3-1-5-15(17)16-6-2-4-8-18(16)19/h1-8,11-12,19,22,24,30-31H,9-10,13H2,(H,29,32). The number of aliphatic hydroxyl groups excluding tert-OH is 2. The van der Waals surface area contributed by atoms with Gasteiger partial charge in [-0.1, -0.05) is 71.7 Å². The first kappa shape index (κ1) is 23.5. The van der Waals surface area contributed by atoms with E-state index < -0.39 is 24.1 Å². The summed E-state index contributed by atoms with van der Waals surface area (Å²) in [5.41, 5.74) is 4.53. The first-order valence-corrected chi connectivity index (χ1v) is 11.2. The van der Waals surface area contributed by atoms with Crippen LogP contribution in [0, 0.1) is 5.82 Å². The summed E-state index contributed by atoms with van der Waals surface area (Å²) >= 11 is 11.9. The van der Waals surface area contributed by atoms with E-state index in [1.165, 1.54) is 0 Å². The molecule has 0 aliphatic heterocycles. The molecule has 2 atom stereocenters. The van der Waals surface area contributed by atoms with Crippen LogP contribution in [0.3, 0.4) is 0 Å². The summed E-state index contributed by atoms with van der Waals surface area (Å²) in [5.74, 6) is -0.703. The number of amides is 1. The van der Waals surface area contributed by atoms with Crippen LogP contribution in [0.15, 0.2) is 60.7 Å². The molecule has 3 N–H and O–H groups in total. The predicted octanol–water partition coefficient (Wildman–Crippen LogP) is 5.46. The number of alkyl carbamates (subject to hydrolysis) is 1. The Balaban J connectivity index is 1.30. The Bertz CT molecular complexity index is 1100. The van der Waals surface area contributed by atoms with Crippen molar-refractivity contribution in [2.24, 2.45) is 0 Å². The van der Waals surface area contributed by atoms with Crippen molar-refractivity contribution in [3.63, 3.8) is 0 Å². The number of hydrogen-bond acceptors (Lipinski definition) is 4. The van der Waals surface area contributed by atoms with Crippen LogP contribution >= 0.6 is 23.2 Å². The molecule has 1 aliphatic carbocycles. The number of nitrogens with one attached hydrogen (secondary N) is 1. The SMILES string of the molecule is O=C(NCCC(O)C(O)c1c(Cl)cc(F)cc1Cl)OCC1c2ccccc2-c2ccccc21. The van der Waals surface area contributed by atoms with Crippen LogP contribution in [0.5, 0.6) is 0 Å². The Morgan fingerprint density at radius 1 is 1.00 bits per heavy atom. The van der Waals surface area contributed by atoms with Crippen molar-refractivity contribution in [2.45, 2.75) is 24.5 Å². The molecule has 0 saturated heterocycles. The molecular formula is C25H22Cl2FNO4. The Kier molecular flexibility index (Phi) is 7.20. The number of carbonyl (C=O) groups is 1. The highest BCUT2D eigenvalue weighted by molar-refractivity contribution is 6.36. The molecule has 172 valence electrons. The van der Waals surface area contributed by atoms with E-state index in [9.17, 15) is 19.4 Å². The van der Waals surface area contributed by atoms with Crippen molar-refractivity contribution >= 4 is 29.3 Å². The molecule has 3 aromatic carbocycles. The number of fused-ring (bicyclic) bond motifs is 3. The largest absolute Gasteiger partial charge is 0.449 e. The second-order valence-electron chi connectivity index (χ2n) is 7.84. The molecule has 8 heteroatoms. The van der Waals surface area contributed by atoms with Crippen LogP contribution in [-0.2, 0) is 4.74 Å². The summed E-state index contributed by atoms with van der Waals surface area (Å²) in [5, 5.41) is 23.0. The molecule has 0 spiro atoms. The fourth-order valence-corrected chi connectivity index (χ4v) is 4.84. The maximum atomic E-state index is 13.3. The highest BCUT2D eigenvalue weighted by Gasteiger charge is 2.29. The molecule has 0 radical (unpaired) electrons. The van der Waals surface area contributed by atoms with Gasteiger partial charge in [-0.05, 0) is 40.8 Å². The van der Waals surface area contributed by atoms with Crippen LogP contribution in [0.1, 0.15) is 35.1 Å². The van der Waals surface area contributed by atoms with E-state index in [1.54, 1.807) is 0 Å². The summed E-state index contributed by atoms with van der Waals surface area (Å²) in [7, 11) is 0. The fourth-order valence-electron chi connectivity index (χ4n) is 4.16. The van der Waals surface area contributed by atoms with Gasteiger partial charge in [0.15, 0.2) is 0 Å². The van der Waals surface area contributed by atoms with Gasteiger partial charge in [0.1, 0.15) is 18.5 Å². The van der Waals surface area contributed by atoms with Gasteiger partial charge in [0.2, 0.25) is 0 Å². The van der Waals surface area contributed by atoms with Crippen LogP contribution in [0.2, 0.25) is 10.0 Å². The number of hydrogen-bond donors (Lipinski definition) is 3. The van der Waals surface area contributed by atoms with E-state index in [-0.39, 0.29) is 41.1 Å². The molecule has 0 fully saturated rings. The fraction of sp³-hybridized carbons (Fsp3) is 0.240. The van der Waals surface area contributed by atoms with Gasteiger partial charge in [-0.3, -0.25) is 0 Å². The van der Waals surface area contributed by atoms with Crippen molar-refractivity contribution in [1.29, 1.82) is 0 Å². The molecule has 0 heterocycles. The third-order valence-corrected chi connectivity index (χ3v) is 6.38. The van der Waals surface area contributed by atoms with Gasteiger partial charge in [0, 0.05) is 18.0 Å². The Labute approximate surface area is 200 Å². The van der Waals surface area contributed by atoms with Crippen molar-refractivity contribution < 1.29 is 24.1 Å². The van der Waals surface area contributed by atoms with E-state index in [0.29, 0.717) is 0 Å². The Morgan fingerprint density at radius 2 is 1.55 bits per heavy atom. The van der Waals surface area contributed by atoms with Gasteiger partial charge in [0.05, 0.1) is 16.1 Å². The highest BCUT2D eigenvalue weighted by Crippen LogP contribution is 2.44. The third-order valence-electron chi connectivity index (χ3n) is 5.76. The molecule has 2 unspecified atom stereocenters. The third kappa shape index (κ3) is 4.99. The van der Waals surface area contributed by atoms with E-state index in [2.05, 4.69) is 17.4 Å². The first-order valence-electron chi connectivity index (χ1n) is 10.5. The van der Waals surface area contributed by atoms with E-state index >= 15 is 0 Å². The molecule has 5 nitrogen and oxygen atoms in total. The van der Waals surface area contributed by atoms with Gasteiger partial charge < -0.3 is 20.3 Å². The second-order valence-corrected chi connectivity index (χ2v) is 8.65. The van der Waals surface area contributed by atoms with Crippen LogP contribution in [-0.4, -0.2) is 35.6 Å². The lowest BCUT2D eigenvalue weighted by Crippen LogP contribution is -2.30. The predicted molar refractivity (Wildman–Crippen MR) is 125 cm³/mol. The quantitative estimate of drug-likeness (QED) is 0.411. The smallest absolute Gasteiger partial charge is 0.407 e. The monoisotopic (exact) mass is 489 g/mol. The molecule has 0 bridgehead atoms. The lowest BCUT2D eigenvalue weighted by Gasteiger charge is -2.20. The van der Waals surface area contributed by atoms with Crippen LogP contribution in [0.4, 0.5) is 9.18 Å². The van der Waals surface area contributed by atoms with E-state index in [1.807, 2.05) is 36.4 Å². The zero-order valence-electron chi connectivity index (χ0n) is 17.5. The molecule has 4 rings (SSSR count). The molecular weight excluding hydrogens is 468 g/mol. The molecule has 1 amide bonds. The van der Waals surface area contributed by atoms with Crippen molar-refractivity contribution in [2.75, 3.05) is 13.2 Å². The van der Waals surface area contributed by atoms with Crippen LogP contribution < -0.4 is 5.32 Å². The van der Waals surface area contributed by atoms with E-state index in [0.717, 1.165) is 34.4 Å². The molecule has 1 aliphatic rings. The topological polar surface area (TPSA) is 78.8 Å². The number of aliphatic hydroxyl groups is 2. The van der Waals surface area contributed by atoms with Gasteiger partial charge in [0.25, 0.3) is 0 Å². The van der Waals surface area contributed by atoms with Gasteiger partial charge in [-0.25, -0.2) is 9.18 Å². The number of carbonyl (C=O) groups excluding carboxylic acids is 1. The zero-order valence-corrected chi connectivity index (χ0v) is 19.0. The lowest BCUT2D eigenvalue weighted by atomic mass is 9.98. The minimum atomic E-state index is -1.44. The normalized spacial score (nSPS) is 14.3. The lowest BCUT2D eigenvalue weighted by molar-refractivity contribution is 0.0137. The summed E-state index contributed by atoms with van der Waals surface area (Å²) < 4.78 is 18.8. The molecule has 33 heavy (non-hydrogen) atoms. The average molecular weight is 490 g/mol. The summed E-state index contributed by atoms with van der Waals surface area (Å²) in [6.07, 6.45) is -3.33. The number of halogens is 3.